The number of nitrogens with one attached hydrogen (secondary N) is 2. The van der Waals surface area contributed by atoms with Crippen molar-refractivity contribution in [2.75, 3.05) is 25.4 Å². The molecule has 2 amide bonds. The Morgan fingerprint density at radius 1 is 1.20 bits per heavy atom. The first-order chi connectivity index (χ1) is 11.6. The van der Waals surface area contributed by atoms with Crippen LogP contribution in [0.4, 0.5) is 0 Å². The van der Waals surface area contributed by atoms with Gasteiger partial charge in [-0.1, -0.05) is 25.6 Å². The first-order valence-electron chi connectivity index (χ1n) is 7.69. The second-order valence-electron chi connectivity index (χ2n) is 6.08. The molecule has 1 atom stereocenters. The predicted molar refractivity (Wildman–Crippen MR) is 88.4 cm³/mol. The minimum atomic E-state index is -1.24. The predicted octanol–water partition coefficient (Wildman–Crippen LogP) is -0.617. The Balaban J connectivity index is 2.95. The largest absolute Gasteiger partial charge is 0.459 e. The lowest BCUT2D eigenvalue weighted by Gasteiger charge is -2.31. The van der Waals surface area contributed by atoms with E-state index in [1.165, 1.54) is 0 Å². The van der Waals surface area contributed by atoms with E-state index in [1.54, 1.807) is 13.8 Å². The minimum Gasteiger partial charge on any atom is -0.459 e. The third-order valence-electron chi connectivity index (χ3n) is 3.28. The molecule has 0 unspecified atom stereocenters. The van der Waals surface area contributed by atoms with Crippen molar-refractivity contribution >= 4 is 40.6 Å². The number of carbonyl (C=O) groups excluding carboxylic acids is 5. The Labute approximate surface area is 149 Å². The third kappa shape index (κ3) is 7.12. The maximum Gasteiger partial charge on any atom is 0.385 e. The zero-order chi connectivity index (χ0) is 19.0. The molecule has 1 aliphatic rings. The van der Waals surface area contributed by atoms with Gasteiger partial charge in [-0.15, -0.1) is 0 Å². The molecule has 0 aromatic rings. The zero-order valence-corrected chi connectivity index (χ0v) is 15.2. The molecule has 1 rings (SSSR count). The first-order valence-corrected chi connectivity index (χ1v) is 8.67. The molecule has 0 aromatic carbocycles. The number of ether oxygens (including phenoxy) is 2. The number of hydrogen-bond acceptors (Lipinski definition) is 8. The fourth-order valence-electron chi connectivity index (χ4n) is 1.99. The molecule has 0 radical (unpaired) electrons. The van der Waals surface area contributed by atoms with Crippen LogP contribution in [0.1, 0.15) is 27.2 Å². The molecule has 1 saturated heterocycles. The molecule has 0 aliphatic carbocycles. The fourth-order valence-corrected chi connectivity index (χ4v) is 2.56. The number of cyclic esters (lactones) is 1. The van der Waals surface area contributed by atoms with Crippen LogP contribution in [-0.2, 0) is 33.4 Å². The summed E-state index contributed by atoms with van der Waals surface area (Å²) in [6.07, 6.45) is -1.21. The summed E-state index contributed by atoms with van der Waals surface area (Å²) in [6.45, 7) is 4.26. The summed E-state index contributed by atoms with van der Waals surface area (Å²) in [5, 5.41) is 4.29. The number of hydrogen-bond donors (Lipinski definition) is 2. The van der Waals surface area contributed by atoms with Gasteiger partial charge in [-0.3, -0.25) is 19.2 Å². The van der Waals surface area contributed by atoms with Crippen LogP contribution in [0.15, 0.2) is 0 Å². The van der Waals surface area contributed by atoms with Gasteiger partial charge in [0, 0.05) is 37.6 Å². The Kier molecular flexibility index (Phi) is 7.88. The molecule has 1 fully saturated rings. The average molecular weight is 374 g/mol. The summed E-state index contributed by atoms with van der Waals surface area (Å²) < 4.78 is 10.0. The number of amides is 2. The van der Waals surface area contributed by atoms with E-state index >= 15 is 0 Å². The van der Waals surface area contributed by atoms with Crippen LogP contribution in [0.5, 0.6) is 0 Å². The summed E-state index contributed by atoms with van der Waals surface area (Å²) in [5.74, 6) is -2.43. The third-order valence-corrected chi connectivity index (χ3v) is 4.12. The maximum atomic E-state index is 12.3. The van der Waals surface area contributed by atoms with E-state index in [2.05, 4.69) is 10.6 Å². The molecule has 140 valence electrons. The van der Waals surface area contributed by atoms with E-state index in [0.717, 1.165) is 18.7 Å². The summed E-state index contributed by atoms with van der Waals surface area (Å²) in [6, 6.07) is 0. The highest BCUT2D eigenvalue weighted by Gasteiger charge is 2.39. The Hall–Kier alpha value is -2.10. The summed E-state index contributed by atoms with van der Waals surface area (Å²) in [5.41, 5.74) is -1.07. The van der Waals surface area contributed by atoms with Gasteiger partial charge in [0.1, 0.15) is 6.61 Å². The van der Waals surface area contributed by atoms with Crippen molar-refractivity contribution in [3.8, 4) is 0 Å². The van der Waals surface area contributed by atoms with E-state index < -0.39 is 34.5 Å². The smallest absolute Gasteiger partial charge is 0.385 e. The molecule has 0 spiro atoms. The molecule has 1 heterocycles. The van der Waals surface area contributed by atoms with Gasteiger partial charge in [-0.05, 0) is 0 Å². The minimum absolute atomic E-state index is 0.0347. The van der Waals surface area contributed by atoms with E-state index in [-0.39, 0.29) is 37.8 Å². The van der Waals surface area contributed by atoms with Gasteiger partial charge in [-0.25, -0.2) is 4.79 Å². The first kappa shape index (κ1) is 20.9. The quantitative estimate of drug-likeness (QED) is 0.459. The standard InChI is InChI=1S/C15H22N2O7S/c1-9(18)24-11-12(20)17-5-4-10(19)16-6-7-25-14(22)13(21)23-8-15(11,2)3/h11H,4-8H2,1-3H3,(H,16,19)(H,17,20)/t11-/m0/s1. The summed E-state index contributed by atoms with van der Waals surface area (Å²) >= 11 is 0.734. The average Bonchev–Trinajstić information content (AvgIpc) is 2.53. The topological polar surface area (TPSA) is 128 Å². The highest BCUT2D eigenvalue weighted by atomic mass is 32.2. The van der Waals surface area contributed by atoms with Crippen molar-refractivity contribution in [3.63, 3.8) is 0 Å². The number of carbonyl (C=O) groups is 5. The summed E-state index contributed by atoms with van der Waals surface area (Å²) in [4.78, 5) is 58.7. The van der Waals surface area contributed by atoms with Crippen LogP contribution in [0.3, 0.4) is 0 Å². The van der Waals surface area contributed by atoms with Crippen LogP contribution >= 0.6 is 11.8 Å². The van der Waals surface area contributed by atoms with Crippen LogP contribution in [0.2, 0.25) is 0 Å². The van der Waals surface area contributed by atoms with Gasteiger partial charge in [0.2, 0.25) is 5.91 Å². The van der Waals surface area contributed by atoms with Crippen molar-refractivity contribution in [2.24, 2.45) is 5.41 Å². The van der Waals surface area contributed by atoms with Crippen LogP contribution in [0, 0.1) is 5.41 Å². The molecular weight excluding hydrogens is 352 g/mol. The van der Waals surface area contributed by atoms with Gasteiger partial charge in [0.05, 0.1) is 0 Å². The molecule has 0 bridgehead atoms. The molecule has 10 heteroatoms. The SMILES string of the molecule is CC(=O)O[C@H]1C(=O)NCCC(=O)NCCSC(=O)C(=O)OCC1(C)C. The number of thioether (sulfide) groups is 1. The van der Waals surface area contributed by atoms with Crippen LogP contribution in [0.25, 0.3) is 0 Å². The van der Waals surface area contributed by atoms with Gasteiger partial charge in [-0.2, -0.15) is 0 Å². The Bertz CT molecular complexity index is 562. The van der Waals surface area contributed by atoms with E-state index in [0.29, 0.717) is 0 Å². The van der Waals surface area contributed by atoms with Gasteiger partial charge in [0.15, 0.2) is 6.10 Å². The zero-order valence-electron chi connectivity index (χ0n) is 14.4. The van der Waals surface area contributed by atoms with Crippen molar-refractivity contribution in [1.29, 1.82) is 0 Å². The normalized spacial score (nSPS) is 23.4. The number of esters is 2. The molecule has 2 N–H and O–H groups in total. The molecule has 25 heavy (non-hydrogen) atoms. The van der Waals surface area contributed by atoms with Gasteiger partial charge < -0.3 is 20.1 Å². The maximum absolute atomic E-state index is 12.3. The second kappa shape index (κ2) is 9.40. The Morgan fingerprint density at radius 2 is 1.88 bits per heavy atom. The lowest BCUT2D eigenvalue weighted by atomic mass is 9.86. The van der Waals surface area contributed by atoms with E-state index in [1.807, 2.05) is 0 Å². The van der Waals surface area contributed by atoms with Crippen molar-refractivity contribution in [3.05, 3.63) is 0 Å². The number of rotatable bonds is 1. The van der Waals surface area contributed by atoms with E-state index in [4.69, 9.17) is 9.47 Å². The summed E-state index contributed by atoms with van der Waals surface area (Å²) in [7, 11) is 0. The second-order valence-corrected chi connectivity index (χ2v) is 7.15. The molecule has 9 nitrogen and oxygen atoms in total. The highest BCUT2D eigenvalue weighted by Crippen LogP contribution is 2.25. The van der Waals surface area contributed by atoms with Gasteiger partial charge in [0.25, 0.3) is 11.0 Å². The molecule has 0 saturated carbocycles. The lowest BCUT2D eigenvalue weighted by Crippen LogP contribution is -2.49. The molecule has 1 aliphatic heterocycles. The van der Waals surface area contributed by atoms with E-state index in [9.17, 15) is 24.0 Å². The highest BCUT2D eigenvalue weighted by molar-refractivity contribution is 8.15. The molecular formula is C15H22N2O7S. The Morgan fingerprint density at radius 3 is 2.52 bits per heavy atom. The van der Waals surface area contributed by atoms with Crippen LogP contribution < -0.4 is 10.6 Å². The fraction of sp³-hybridized carbons (Fsp3) is 0.667. The monoisotopic (exact) mass is 374 g/mol. The van der Waals surface area contributed by atoms with Crippen molar-refractivity contribution in [2.45, 2.75) is 33.3 Å². The van der Waals surface area contributed by atoms with Gasteiger partial charge >= 0.3 is 11.9 Å². The van der Waals surface area contributed by atoms with Crippen LogP contribution in [-0.4, -0.2) is 60.4 Å². The van der Waals surface area contributed by atoms with Crippen molar-refractivity contribution < 1.29 is 33.4 Å². The lowest BCUT2D eigenvalue weighted by molar-refractivity contribution is -0.167. The van der Waals surface area contributed by atoms with Crippen molar-refractivity contribution in [1.82, 2.24) is 10.6 Å². The molecule has 0 aromatic heterocycles.